The Bertz CT molecular complexity index is 775. The highest BCUT2D eigenvalue weighted by atomic mass is 19.1. The second kappa shape index (κ2) is 8.19. The first-order valence-electron chi connectivity index (χ1n) is 9.42. The monoisotopic (exact) mass is 357 g/mol. The number of halogens is 1. The number of hydrogen-bond acceptors (Lipinski definition) is 3. The van der Waals surface area contributed by atoms with Gasteiger partial charge >= 0.3 is 0 Å². The molecule has 0 saturated carbocycles. The number of rotatable bonds is 5. The first kappa shape index (κ1) is 18.9. The number of aryl methyl sites for hydroxylation is 1. The Hall–Kier alpha value is -1.91. The third kappa shape index (κ3) is 4.25. The van der Waals surface area contributed by atoms with Crippen LogP contribution in [0.15, 0.2) is 30.3 Å². The van der Waals surface area contributed by atoms with Gasteiger partial charge in [0.15, 0.2) is 0 Å². The largest absolute Gasteiger partial charge is 0.508 e. The molecule has 2 aromatic carbocycles. The topological polar surface area (TPSA) is 43.7 Å². The zero-order valence-electron chi connectivity index (χ0n) is 15.6. The van der Waals surface area contributed by atoms with Crippen molar-refractivity contribution in [1.29, 1.82) is 0 Å². The molecule has 4 heteroatoms. The highest BCUT2D eigenvalue weighted by Crippen LogP contribution is 2.27. The van der Waals surface area contributed by atoms with E-state index in [0.29, 0.717) is 6.54 Å². The summed E-state index contributed by atoms with van der Waals surface area (Å²) in [4.78, 5) is 2.30. The maximum Gasteiger partial charge on any atom is 0.126 e. The smallest absolute Gasteiger partial charge is 0.126 e. The Kier molecular flexibility index (Phi) is 5.94. The molecule has 1 unspecified atom stereocenters. The van der Waals surface area contributed by atoms with Crippen molar-refractivity contribution in [1.82, 2.24) is 4.90 Å². The van der Waals surface area contributed by atoms with Gasteiger partial charge < -0.3 is 15.1 Å². The molecule has 1 atom stereocenters. The minimum Gasteiger partial charge on any atom is -0.508 e. The number of hydrogen-bond donors (Lipinski definition) is 2. The standard InChI is InChI=1S/C22H28FNO2/c1-15-16(2)21(23)9-6-17(15)5-3-4-11-24-12-10-18-13-19(25)7-8-20(18)22(26)14-24/h6-9,13,22,25-26H,3-5,10-12,14H2,1-2H3. The van der Waals surface area contributed by atoms with Gasteiger partial charge in [-0.15, -0.1) is 0 Å². The lowest BCUT2D eigenvalue weighted by Gasteiger charge is -2.22. The fourth-order valence-corrected chi connectivity index (χ4v) is 3.82. The van der Waals surface area contributed by atoms with Crippen LogP contribution in [-0.2, 0) is 12.8 Å². The summed E-state index contributed by atoms with van der Waals surface area (Å²) in [6, 6.07) is 8.71. The van der Waals surface area contributed by atoms with Gasteiger partial charge in [-0.1, -0.05) is 12.1 Å². The SMILES string of the molecule is Cc1c(F)ccc(CCCCN2CCc3cc(O)ccc3C(O)C2)c1C. The molecule has 2 N–H and O–H groups in total. The molecule has 1 aliphatic heterocycles. The molecule has 0 aliphatic carbocycles. The number of unbranched alkanes of at least 4 members (excludes halogenated alkanes) is 1. The van der Waals surface area contributed by atoms with Gasteiger partial charge in [0.25, 0.3) is 0 Å². The Morgan fingerprint density at radius 1 is 1.12 bits per heavy atom. The molecule has 0 radical (unpaired) electrons. The van der Waals surface area contributed by atoms with E-state index in [4.69, 9.17) is 0 Å². The molecule has 2 aromatic rings. The Labute approximate surface area is 155 Å². The number of aliphatic hydroxyl groups excluding tert-OH is 1. The maximum absolute atomic E-state index is 13.6. The van der Waals surface area contributed by atoms with Gasteiger partial charge in [-0.2, -0.15) is 0 Å². The predicted molar refractivity (Wildman–Crippen MR) is 102 cm³/mol. The zero-order chi connectivity index (χ0) is 18.7. The van der Waals surface area contributed by atoms with Gasteiger partial charge in [0.2, 0.25) is 0 Å². The summed E-state index contributed by atoms with van der Waals surface area (Å²) < 4.78 is 13.6. The van der Waals surface area contributed by atoms with E-state index < -0.39 is 6.10 Å². The van der Waals surface area contributed by atoms with Crippen LogP contribution >= 0.6 is 0 Å². The molecule has 1 aliphatic rings. The number of β-amino-alcohol motifs (C(OH)–C–C–N with tert-alkyl or cyclic N) is 1. The van der Waals surface area contributed by atoms with Gasteiger partial charge in [-0.05, 0) is 92.1 Å². The van der Waals surface area contributed by atoms with E-state index in [1.807, 2.05) is 26.0 Å². The van der Waals surface area contributed by atoms with Gasteiger partial charge in [0.1, 0.15) is 11.6 Å². The molecular weight excluding hydrogens is 329 g/mol. The van der Waals surface area contributed by atoms with Crippen LogP contribution in [0.2, 0.25) is 0 Å². The van der Waals surface area contributed by atoms with Crippen LogP contribution in [-0.4, -0.2) is 34.7 Å². The van der Waals surface area contributed by atoms with E-state index in [1.165, 1.54) is 5.56 Å². The number of phenols is 1. The molecule has 0 saturated heterocycles. The second-order valence-corrected chi connectivity index (χ2v) is 7.36. The Balaban J connectivity index is 1.51. The van der Waals surface area contributed by atoms with Crippen molar-refractivity contribution < 1.29 is 14.6 Å². The first-order chi connectivity index (χ1) is 12.5. The number of aliphatic hydroxyl groups is 1. The van der Waals surface area contributed by atoms with Crippen molar-refractivity contribution >= 4 is 0 Å². The van der Waals surface area contributed by atoms with Crippen LogP contribution in [0.4, 0.5) is 4.39 Å². The Morgan fingerprint density at radius 3 is 2.73 bits per heavy atom. The molecule has 26 heavy (non-hydrogen) atoms. The molecule has 3 rings (SSSR count). The molecule has 0 bridgehead atoms. The van der Waals surface area contributed by atoms with E-state index in [0.717, 1.165) is 61.0 Å². The Morgan fingerprint density at radius 2 is 1.92 bits per heavy atom. The van der Waals surface area contributed by atoms with E-state index in [9.17, 15) is 14.6 Å². The lowest BCUT2D eigenvalue weighted by molar-refractivity contribution is 0.119. The molecule has 0 amide bonds. The van der Waals surface area contributed by atoms with Crippen molar-refractivity contribution in [2.75, 3.05) is 19.6 Å². The highest BCUT2D eigenvalue weighted by Gasteiger charge is 2.21. The fourth-order valence-electron chi connectivity index (χ4n) is 3.82. The van der Waals surface area contributed by atoms with Gasteiger partial charge in [-0.3, -0.25) is 0 Å². The van der Waals surface area contributed by atoms with Crippen molar-refractivity contribution in [2.24, 2.45) is 0 Å². The van der Waals surface area contributed by atoms with Crippen LogP contribution in [0, 0.1) is 19.7 Å². The van der Waals surface area contributed by atoms with Crippen LogP contribution in [0.3, 0.4) is 0 Å². The van der Waals surface area contributed by atoms with E-state index in [2.05, 4.69) is 4.90 Å². The molecular formula is C22H28FNO2. The lowest BCUT2D eigenvalue weighted by Crippen LogP contribution is -2.29. The quantitative estimate of drug-likeness (QED) is 0.793. The van der Waals surface area contributed by atoms with Crippen LogP contribution < -0.4 is 0 Å². The van der Waals surface area contributed by atoms with Gasteiger partial charge in [0.05, 0.1) is 6.10 Å². The molecule has 0 spiro atoms. The average molecular weight is 357 g/mol. The summed E-state index contributed by atoms with van der Waals surface area (Å²) in [5, 5.41) is 20.1. The van der Waals surface area contributed by atoms with Crippen molar-refractivity contribution in [3.8, 4) is 5.75 Å². The summed E-state index contributed by atoms with van der Waals surface area (Å²) in [5.74, 6) is 0.129. The zero-order valence-corrected chi connectivity index (χ0v) is 15.6. The van der Waals surface area contributed by atoms with Gasteiger partial charge in [-0.25, -0.2) is 4.39 Å². The van der Waals surface area contributed by atoms with Crippen molar-refractivity contribution in [3.63, 3.8) is 0 Å². The summed E-state index contributed by atoms with van der Waals surface area (Å²) in [7, 11) is 0. The average Bonchev–Trinajstić information content (AvgIpc) is 2.77. The van der Waals surface area contributed by atoms with Crippen molar-refractivity contribution in [2.45, 2.75) is 45.6 Å². The first-order valence-corrected chi connectivity index (χ1v) is 9.42. The maximum atomic E-state index is 13.6. The fraction of sp³-hybridized carbons (Fsp3) is 0.455. The number of benzene rings is 2. The van der Waals surface area contributed by atoms with E-state index >= 15 is 0 Å². The third-order valence-electron chi connectivity index (χ3n) is 5.62. The summed E-state index contributed by atoms with van der Waals surface area (Å²) in [6.07, 6.45) is 3.39. The normalized spacial score (nSPS) is 17.8. The number of nitrogens with zero attached hydrogens (tertiary/aromatic N) is 1. The number of fused-ring (bicyclic) bond motifs is 1. The third-order valence-corrected chi connectivity index (χ3v) is 5.62. The lowest BCUT2D eigenvalue weighted by atomic mass is 9.98. The van der Waals surface area contributed by atoms with Gasteiger partial charge in [0, 0.05) is 13.1 Å². The molecule has 3 nitrogen and oxygen atoms in total. The van der Waals surface area contributed by atoms with Crippen LogP contribution in [0.5, 0.6) is 5.75 Å². The molecule has 0 aromatic heterocycles. The molecule has 140 valence electrons. The summed E-state index contributed by atoms with van der Waals surface area (Å²) in [6.45, 7) is 6.29. The summed E-state index contributed by atoms with van der Waals surface area (Å²) >= 11 is 0. The van der Waals surface area contributed by atoms with Crippen molar-refractivity contribution in [3.05, 3.63) is 64.0 Å². The molecule has 0 fully saturated rings. The number of phenolic OH excluding ortho intramolecular Hbond substituents is 1. The number of aromatic hydroxyl groups is 1. The van der Waals surface area contributed by atoms with Crippen LogP contribution in [0.1, 0.15) is 46.8 Å². The van der Waals surface area contributed by atoms with Crippen LogP contribution in [0.25, 0.3) is 0 Å². The summed E-state index contributed by atoms with van der Waals surface area (Å²) in [5.41, 5.74) is 5.01. The minimum absolute atomic E-state index is 0.129. The second-order valence-electron chi connectivity index (χ2n) is 7.36. The van der Waals surface area contributed by atoms with E-state index in [-0.39, 0.29) is 11.6 Å². The highest BCUT2D eigenvalue weighted by molar-refractivity contribution is 5.37. The molecule has 1 heterocycles. The predicted octanol–water partition coefficient (Wildman–Crippen LogP) is 4.06. The van der Waals surface area contributed by atoms with E-state index in [1.54, 1.807) is 18.2 Å². The minimum atomic E-state index is -0.505.